The van der Waals surface area contributed by atoms with Crippen LogP contribution in [0.15, 0.2) is 31.0 Å². The number of anilines is 1. The summed E-state index contributed by atoms with van der Waals surface area (Å²) in [5, 5.41) is 5.86. The predicted molar refractivity (Wildman–Crippen MR) is 65.5 cm³/mol. The smallest absolute Gasteiger partial charge is 0.255 e. The summed E-state index contributed by atoms with van der Waals surface area (Å²) in [6, 6.07) is 3.73. The van der Waals surface area contributed by atoms with E-state index in [0.717, 1.165) is 0 Å². The van der Waals surface area contributed by atoms with Gasteiger partial charge in [-0.25, -0.2) is 4.98 Å². The van der Waals surface area contributed by atoms with Gasteiger partial charge >= 0.3 is 0 Å². The third-order valence-corrected chi connectivity index (χ3v) is 1.88. The van der Waals surface area contributed by atoms with Crippen molar-refractivity contribution in [3.8, 4) is 0 Å². The van der Waals surface area contributed by atoms with Crippen LogP contribution in [0.4, 0.5) is 5.82 Å². The molecule has 4 heteroatoms. The second-order valence-corrected chi connectivity index (χ2v) is 3.70. The maximum Gasteiger partial charge on any atom is 0.255 e. The van der Waals surface area contributed by atoms with E-state index in [9.17, 15) is 4.79 Å². The zero-order valence-corrected chi connectivity index (χ0v) is 9.66. The summed E-state index contributed by atoms with van der Waals surface area (Å²) in [6.07, 6.45) is 3.30. The van der Waals surface area contributed by atoms with Crippen LogP contribution >= 0.6 is 0 Å². The fourth-order valence-corrected chi connectivity index (χ4v) is 1.24. The molecule has 0 bridgehead atoms. The van der Waals surface area contributed by atoms with Crippen molar-refractivity contribution in [3.63, 3.8) is 0 Å². The average Bonchev–Trinajstić information content (AvgIpc) is 2.26. The third kappa shape index (κ3) is 3.38. The largest absolute Gasteiger partial charge is 0.367 e. The summed E-state index contributed by atoms with van der Waals surface area (Å²) < 4.78 is 0. The van der Waals surface area contributed by atoms with Crippen LogP contribution in [0, 0.1) is 0 Å². The number of hydrogen-bond donors (Lipinski definition) is 2. The molecular formula is C12H17N3O. The highest BCUT2D eigenvalue weighted by atomic mass is 16.1. The first-order valence-electron chi connectivity index (χ1n) is 5.25. The van der Waals surface area contributed by atoms with Crippen molar-refractivity contribution >= 4 is 11.7 Å². The molecule has 0 spiro atoms. The van der Waals surface area contributed by atoms with Crippen molar-refractivity contribution in [2.24, 2.45) is 0 Å². The van der Waals surface area contributed by atoms with Gasteiger partial charge in [0, 0.05) is 18.8 Å². The minimum absolute atomic E-state index is 0.142. The molecule has 0 radical (unpaired) electrons. The molecule has 1 rings (SSSR count). The Morgan fingerprint density at radius 3 is 3.00 bits per heavy atom. The number of carbonyl (C=O) groups excluding carboxylic acids is 1. The molecule has 0 aliphatic carbocycles. The Morgan fingerprint density at radius 2 is 2.38 bits per heavy atom. The lowest BCUT2D eigenvalue weighted by atomic mass is 10.2. The quantitative estimate of drug-likeness (QED) is 0.743. The van der Waals surface area contributed by atoms with Gasteiger partial charge in [-0.2, -0.15) is 0 Å². The number of nitrogens with one attached hydrogen (secondary N) is 2. The minimum atomic E-state index is -0.142. The minimum Gasteiger partial charge on any atom is -0.367 e. The lowest BCUT2D eigenvalue weighted by Gasteiger charge is -2.12. The summed E-state index contributed by atoms with van der Waals surface area (Å²) in [5.74, 6) is 0.468. The summed E-state index contributed by atoms with van der Waals surface area (Å²) >= 11 is 0. The second-order valence-electron chi connectivity index (χ2n) is 3.70. The second kappa shape index (κ2) is 5.90. The van der Waals surface area contributed by atoms with Crippen molar-refractivity contribution < 1.29 is 4.79 Å². The number of carbonyl (C=O) groups is 1. The number of hydrogen-bond acceptors (Lipinski definition) is 3. The van der Waals surface area contributed by atoms with Gasteiger partial charge in [0.05, 0.1) is 5.56 Å². The lowest BCUT2D eigenvalue weighted by molar-refractivity contribution is 0.0958. The molecule has 0 saturated carbocycles. The van der Waals surface area contributed by atoms with E-state index in [-0.39, 0.29) is 11.9 Å². The molecule has 0 atom stereocenters. The van der Waals surface area contributed by atoms with Gasteiger partial charge in [-0.1, -0.05) is 6.08 Å². The highest BCUT2D eigenvalue weighted by Crippen LogP contribution is 2.12. The third-order valence-electron chi connectivity index (χ3n) is 1.88. The molecule has 1 aromatic heterocycles. The van der Waals surface area contributed by atoms with Crippen LogP contribution in [0.5, 0.6) is 0 Å². The monoisotopic (exact) mass is 219 g/mol. The molecule has 4 nitrogen and oxygen atoms in total. The molecule has 0 aromatic carbocycles. The first kappa shape index (κ1) is 12.2. The van der Waals surface area contributed by atoms with E-state index in [1.54, 1.807) is 24.4 Å². The van der Waals surface area contributed by atoms with Gasteiger partial charge < -0.3 is 10.6 Å². The zero-order valence-electron chi connectivity index (χ0n) is 9.66. The number of nitrogens with zero attached hydrogens (tertiary/aromatic N) is 1. The molecule has 86 valence electrons. The highest BCUT2D eigenvalue weighted by Gasteiger charge is 2.11. The molecule has 1 amide bonds. The molecule has 0 aliphatic heterocycles. The number of amides is 1. The Morgan fingerprint density at radius 1 is 1.62 bits per heavy atom. The van der Waals surface area contributed by atoms with Crippen molar-refractivity contribution in [1.29, 1.82) is 0 Å². The van der Waals surface area contributed by atoms with Gasteiger partial charge in [-0.3, -0.25) is 4.79 Å². The number of aromatic nitrogens is 1. The van der Waals surface area contributed by atoms with Crippen molar-refractivity contribution in [2.45, 2.75) is 19.9 Å². The molecule has 0 aliphatic rings. The standard InChI is InChI=1S/C12H17N3O/c1-4-7-14-12(16)10-6-5-8-13-11(10)15-9(2)3/h4-6,8-9H,1,7H2,2-3H3,(H,13,15)(H,14,16). The molecule has 16 heavy (non-hydrogen) atoms. The fraction of sp³-hybridized carbons (Fsp3) is 0.333. The Labute approximate surface area is 95.8 Å². The van der Waals surface area contributed by atoms with Crippen molar-refractivity contribution in [1.82, 2.24) is 10.3 Å². The van der Waals surface area contributed by atoms with Gasteiger partial charge in [0.15, 0.2) is 0 Å². The van der Waals surface area contributed by atoms with E-state index in [1.165, 1.54) is 0 Å². The first-order valence-corrected chi connectivity index (χ1v) is 5.25. The maximum atomic E-state index is 11.8. The first-order chi connectivity index (χ1) is 7.65. The summed E-state index contributed by atoms with van der Waals surface area (Å²) in [7, 11) is 0. The van der Waals surface area contributed by atoms with Gasteiger partial charge in [0.25, 0.3) is 5.91 Å². The van der Waals surface area contributed by atoms with Crippen LogP contribution in [0.2, 0.25) is 0 Å². The molecule has 1 heterocycles. The Balaban J connectivity index is 2.85. The predicted octanol–water partition coefficient (Wildman–Crippen LogP) is 1.82. The Bertz CT molecular complexity index is 374. The molecular weight excluding hydrogens is 202 g/mol. The maximum absolute atomic E-state index is 11.8. The van der Waals surface area contributed by atoms with E-state index >= 15 is 0 Å². The number of rotatable bonds is 5. The zero-order chi connectivity index (χ0) is 12.0. The van der Waals surface area contributed by atoms with Gasteiger partial charge in [0.2, 0.25) is 0 Å². The van der Waals surface area contributed by atoms with Crippen LogP contribution < -0.4 is 10.6 Å². The molecule has 0 unspecified atom stereocenters. The Kier molecular flexibility index (Phi) is 4.51. The summed E-state index contributed by atoms with van der Waals surface area (Å²) in [4.78, 5) is 15.9. The lowest BCUT2D eigenvalue weighted by Crippen LogP contribution is -2.25. The van der Waals surface area contributed by atoms with E-state index in [4.69, 9.17) is 0 Å². The fourth-order valence-electron chi connectivity index (χ4n) is 1.24. The van der Waals surface area contributed by atoms with E-state index in [0.29, 0.717) is 17.9 Å². The van der Waals surface area contributed by atoms with Crippen LogP contribution in [-0.2, 0) is 0 Å². The summed E-state index contributed by atoms with van der Waals surface area (Å²) in [6.45, 7) is 8.00. The normalized spacial score (nSPS) is 9.94. The van der Waals surface area contributed by atoms with Gasteiger partial charge in [0.1, 0.15) is 5.82 Å². The topological polar surface area (TPSA) is 54.0 Å². The molecule has 1 aromatic rings. The average molecular weight is 219 g/mol. The number of pyridine rings is 1. The van der Waals surface area contributed by atoms with E-state index in [2.05, 4.69) is 22.2 Å². The SMILES string of the molecule is C=CCNC(=O)c1cccnc1NC(C)C. The molecule has 2 N–H and O–H groups in total. The highest BCUT2D eigenvalue weighted by molar-refractivity contribution is 5.98. The van der Waals surface area contributed by atoms with E-state index in [1.807, 2.05) is 13.8 Å². The summed E-state index contributed by atoms with van der Waals surface area (Å²) in [5.41, 5.74) is 0.554. The van der Waals surface area contributed by atoms with Gasteiger partial charge in [-0.15, -0.1) is 6.58 Å². The van der Waals surface area contributed by atoms with Crippen molar-refractivity contribution in [2.75, 3.05) is 11.9 Å². The van der Waals surface area contributed by atoms with Crippen LogP contribution in [0.25, 0.3) is 0 Å². The van der Waals surface area contributed by atoms with Crippen LogP contribution in [0.1, 0.15) is 24.2 Å². The molecule has 0 fully saturated rings. The molecule has 0 saturated heterocycles. The van der Waals surface area contributed by atoms with Crippen LogP contribution in [0.3, 0.4) is 0 Å². The van der Waals surface area contributed by atoms with Crippen molar-refractivity contribution in [3.05, 3.63) is 36.5 Å². The van der Waals surface area contributed by atoms with Crippen LogP contribution in [-0.4, -0.2) is 23.5 Å². The van der Waals surface area contributed by atoms with E-state index < -0.39 is 0 Å². The Hall–Kier alpha value is -1.84. The van der Waals surface area contributed by atoms with Gasteiger partial charge in [-0.05, 0) is 26.0 Å².